The van der Waals surface area contributed by atoms with E-state index in [-0.39, 0.29) is 5.82 Å². The number of fused-ring (bicyclic) bond motifs is 1. The Morgan fingerprint density at radius 2 is 1.73 bits per heavy atom. The van der Waals surface area contributed by atoms with E-state index in [9.17, 15) is 14.3 Å². The smallest absolute Gasteiger partial charge is 0.405 e. The lowest BCUT2D eigenvalue weighted by molar-refractivity contribution is 0.144. The number of hydrazine groups is 1. The first-order valence-electron chi connectivity index (χ1n) is 10.6. The Kier molecular flexibility index (Phi) is 5.14. The average molecular weight is 443 g/mol. The number of hydrogen-bond acceptors (Lipinski definition) is 5. The quantitative estimate of drug-likeness (QED) is 0.254. The van der Waals surface area contributed by atoms with Gasteiger partial charge in [-0.05, 0) is 54.7 Å². The molecule has 0 unspecified atom stereocenters. The van der Waals surface area contributed by atoms with Crippen molar-refractivity contribution in [3.05, 3.63) is 78.2 Å². The summed E-state index contributed by atoms with van der Waals surface area (Å²) in [6.07, 6.45) is 3.14. The summed E-state index contributed by atoms with van der Waals surface area (Å²) in [6.45, 7) is 0. The minimum atomic E-state index is -1.02. The number of nitrogens with two attached hydrogens (primary N) is 1. The fourth-order valence-electron chi connectivity index (χ4n) is 4.45. The molecule has 33 heavy (non-hydrogen) atoms. The molecule has 1 amide bonds. The number of benzene rings is 2. The maximum atomic E-state index is 13.6. The van der Waals surface area contributed by atoms with Gasteiger partial charge >= 0.3 is 6.09 Å². The fraction of sp³-hybridized carbons (Fsp3) is 0.160. The fourth-order valence-corrected chi connectivity index (χ4v) is 4.45. The molecule has 4 aromatic rings. The highest BCUT2D eigenvalue weighted by atomic mass is 19.1. The van der Waals surface area contributed by atoms with Gasteiger partial charge in [-0.15, -0.1) is 0 Å². The molecule has 8 heteroatoms. The van der Waals surface area contributed by atoms with Crippen LogP contribution in [0.25, 0.3) is 33.3 Å². The Morgan fingerprint density at radius 1 is 1.03 bits per heavy atom. The summed E-state index contributed by atoms with van der Waals surface area (Å²) < 4.78 is 13.6. The van der Waals surface area contributed by atoms with Gasteiger partial charge in [0.25, 0.3) is 0 Å². The van der Waals surface area contributed by atoms with E-state index in [4.69, 9.17) is 10.8 Å². The molecule has 166 valence electrons. The van der Waals surface area contributed by atoms with Gasteiger partial charge < -0.3 is 15.8 Å². The molecule has 7 nitrogen and oxygen atoms in total. The molecule has 5 N–H and O–H groups in total. The van der Waals surface area contributed by atoms with Crippen LogP contribution in [-0.4, -0.2) is 21.2 Å². The van der Waals surface area contributed by atoms with Crippen molar-refractivity contribution in [1.29, 1.82) is 0 Å². The number of carbonyl (C=O) groups is 1. The zero-order valence-corrected chi connectivity index (χ0v) is 17.7. The minimum Gasteiger partial charge on any atom is -0.465 e. The number of nitrogens with one attached hydrogen (secondary N) is 2. The summed E-state index contributed by atoms with van der Waals surface area (Å²) in [5, 5.41) is 12.7. The first kappa shape index (κ1) is 20.8. The van der Waals surface area contributed by atoms with Gasteiger partial charge in [0.15, 0.2) is 0 Å². The van der Waals surface area contributed by atoms with Crippen LogP contribution in [0.5, 0.6) is 0 Å². The second-order valence-corrected chi connectivity index (χ2v) is 8.21. The summed E-state index contributed by atoms with van der Waals surface area (Å²) in [5.74, 6) is 5.83. The predicted octanol–water partition coefficient (Wildman–Crippen LogP) is 5.04. The van der Waals surface area contributed by atoms with Crippen LogP contribution in [-0.2, 0) is 5.54 Å². The Labute approximate surface area is 189 Å². The first-order valence-corrected chi connectivity index (χ1v) is 10.6. The van der Waals surface area contributed by atoms with E-state index in [1.807, 2.05) is 36.4 Å². The van der Waals surface area contributed by atoms with Gasteiger partial charge in [-0.1, -0.05) is 36.4 Å². The van der Waals surface area contributed by atoms with Gasteiger partial charge in [-0.2, -0.15) is 0 Å². The van der Waals surface area contributed by atoms with Gasteiger partial charge in [0.05, 0.1) is 16.7 Å². The number of rotatable bonds is 5. The third-order valence-electron chi connectivity index (χ3n) is 6.30. The third-order valence-corrected chi connectivity index (χ3v) is 6.30. The highest BCUT2D eigenvalue weighted by Gasteiger charge is 2.40. The van der Waals surface area contributed by atoms with E-state index in [0.717, 1.165) is 52.6 Å². The standard InChI is InChI=1S/C25H22FN5O2/c26-18-8-4-15(5-9-18)19-14-20-21(10-13-28-23(20)31-27)29-22(19)16-2-6-17(7-3-16)25(11-1-12-25)30-24(32)33/h2-10,13-14,30H,1,11-12,27H2,(H,28,31)(H,32,33). The van der Waals surface area contributed by atoms with E-state index in [0.29, 0.717) is 11.3 Å². The molecule has 1 saturated carbocycles. The molecule has 0 saturated heterocycles. The molecular formula is C25H22FN5O2. The Morgan fingerprint density at radius 3 is 2.33 bits per heavy atom. The number of nitrogen functional groups attached to an aromatic ring is 1. The van der Waals surface area contributed by atoms with Gasteiger partial charge in [-0.25, -0.2) is 25.0 Å². The van der Waals surface area contributed by atoms with Crippen molar-refractivity contribution in [2.24, 2.45) is 5.84 Å². The number of nitrogens with zero attached hydrogens (tertiary/aromatic N) is 2. The van der Waals surface area contributed by atoms with E-state index in [1.54, 1.807) is 18.3 Å². The van der Waals surface area contributed by atoms with E-state index in [1.165, 1.54) is 12.1 Å². The highest BCUT2D eigenvalue weighted by molar-refractivity contribution is 5.96. The maximum absolute atomic E-state index is 13.6. The largest absolute Gasteiger partial charge is 0.465 e. The average Bonchev–Trinajstić information content (AvgIpc) is 2.81. The molecule has 0 spiro atoms. The van der Waals surface area contributed by atoms with Crippen LogP contribution in [0.1, 0.15) is 24.8 Å². The van der Waals surface area contributed by atoms with Gasteiger partial charge in [0, 0.05) is 22.7 Å². The Bertz CT molecular complexity index is 1340. The van der Waals surface area contributed by atoms with Crippen molar-refractivity contribution < 1.29 is 14.3 Å². The van der Waals surface area contributed by atoms with Crippen LogP contribution >= 0.6 is 0 Å². The number of amides is 1. The summed E-state index contributed by atoms with van der Waals surface area (Å²) in [5.41, 5.74) is 6.92. The number of anilines is 1. The summed E-state index contributed by atoms with van der Waals surface area (Å²) in [7, 11) is 0. The topological polar surface area (TPSA) is 113 Å². The third kappa shape index (κ3) is 3.74. The molecule has 1 aliphatic carbocycles. The molecule has 5 rings (SSSR count). The normalized spacial score (nSPS) is 14.5. The van der Waals surface area contributed by atoms with Crippen LogP contribution in [0.4, 0.5) is 15.0 Å². The van der Waals surface area contributed by atoms with Crippen LogP contribution in [0.15, 0.2) is 66.9 Å². The van der Waals surface area contributed by atoms with Crippen molar-refractivity contribution in [1.82, 2.24) is 15.3 Å². The minimum absolute atomic E-state index is 0.318. The van der Waals surface area contributed by atoms with E-state index in [2.05, 4.69) is 15.7 Å². The van der Waals surface area contributed by atoms with Crippen molar-refractivity contribution in [2.75, 3.05) is 5.43 Å². The SMILES string of the molecule is NNc1nccc2nc(-c3ccc(C4(NC(=O)O)CCC4)cc3)c(-c3ccc(F)cc3)cc12. The van der Waals surface area contributed by atoms with E-state index >= 15 is 0 Å². The number of hydrogen-bond donors (Lipinski definition) is 4. The van der Waals surface area contributed by atoms with Crippen molar-refractivity contribution in [2.45, 2.75) is 24.8 Å². The lowest BCUT2D eigenvalue weighted by Crippen LogP contribution is -2.50. The number of pyridine rings is 2. The van der Waals surface area contributed by atoms with Crippen LogP contribution in [0, 0.1) is 5.82 Å². The zero-order valence-electron chi connectivity index (χ0n) is 17.7. The van der Waals surface area contributed by atoms with Crippen LogP contribution < -0.4 is 16.6 Å². The molecule has 0 bridgehead atoms. The molecule has 2 aromatic carbocycles. The summed E-state index contributed by atoms with van der Waals surface area (Å²) in [6, 6.07) is 17.8. The maximum Gasteiger partial charge on any atom is 0.405 e. The van der Waals surface area contributed by atoms with Gasteiger partial charge in [0.1, 0.15) is 11.6 Å². The Hall–Kier alpha value is -4.04. The zero-order chi connectivity index (χ0) is 23.0. The molecule has 1 aliphatic rings. The molecule has 0 aliphatic heterocycles. The number of aromatic nitrogens is 2. The lowest BCUT2D eigenvalue weighted by atomic mass is 9.71. The van der Waals surface area contributed by atoms with Crippen molar-refractivity contribution in [3.63, 3.8) is 0 Å². The highest BCUT2D eigenvalue weighted by Crippen LogP contribution is 2.42. The van der Waals surface area contributed by atoms with Crippen molar-refractivity contribution in [3.8, 4) is 22.4 Å². The molecule has 0 atom stereocenters. The van der Waals surface area contributed by atoms with Crippen LogP contribution in [0.2, 0.25) is 0 Å². The molecular weight excluding hydrogens is 421 g/mol. The van der Waals surface area contributed by atoms with Gasteiger partial charge in [-0.3, -0.25) is 0 Å². The first-order chi connectivity index (χ1) is 16.0. The Balaban J connectivity index is 1.64. The monoisotopic (exact) mass is 443 g/mol. The molecule has 0 radical (unpaired) electrons. The lowest BCUT2D eigenvalue weighted by Gasteiger charge is -2.42. The predicted molar refractivity (Wildman–Crippen MR) is 125 cm³/mol. The second-order valence-electron chi connectivity index (χ2n) is 8.21. The molecule has 2 aromatic heterocycles. The summed E-state index contributed by atoms with van der Waals surface area (Å²) in [4.78, 5) is 20.5. The molecule has 2 heterocycles. The number of halogens is 1. The van der Waals surface area contributed by atoms with Crippen molar-refractivity contribution >= 4 is 22.8 Å². The summed E-state index contributed by atoms with van der Waals surface area (Å²) >= 11 is 0. The number of carboxylic acid groups (broad SMARTS) is 1. The van der Waals surface area contributed by atoms with E-state index < -0.39 is 11.6 Å². The molecule has 1 fully saturated rings. The second kappa shape index (κ2) is 8.14. The van der Waals surface area contributed by atoms with Gasteiger partial charge in [0.2, 0.25) is 0 Å². The van der Waals surface area contributed by atoms with Crippen LogP contribution in [0.3, 0.4) is 0 Å².